The Labute approximate surface area is 93.5 Å². The zero-order chi connectivity index (χ0) is 12.3. The van der Waals surface area contributed by atoms with Gasteiger partial charge in [-0.2, -0.15) is 17.6 Å². The smallest absolute Gasteiger partial charge is 0.446 e. The minimum Gasteiger partial charge on any atom is -0.493 e. The Morgan fingerprint density at radius 2 is 1.50 bits per heavy atom. The first-order chi connectivity index (χ1) is 7.37. The van der Waals surface area contributed by atoms with Gasteiger partial charge < -0.3 is 9.47 Å². The second kappa shape index (κ2) is 4.82. The van der Waals surface area contributed by atoms with Gasteiger partial charge in [0.25, 0.3) is 0 Å². The van der Waals surface area contributed by atoms with E-state index in [0.717, 1.165) is 12.1 Å². The van der Waals surface area contributed by atoms with Crippen LogP contribution in [0, 0.1) is 5.82 Å². The zero-order valence-electron chi connectivity index (χ0n) is 8.39. The van der Waals surface area contributed by atoms with Crippen molar-refractivity contribution in [3.8, 4) is 11.5 Å². The molecule has 0 radical (unpaired) electrons. The number of halogens is 4. The van der Waals surface area contributed by atoms with E-state index in [1.807, 2.05) is 0 Å². The molecule has 0 spiro atoms. The molecule has 0 aliphatic heterocycles. The van der Waals surface area contributed by atoms with Crippen LogP contribution in [-0.4, -0.2) is 19.7 Å². The van der Waals surface area contributed by atoms with Crippen LogP contribution >= 0.6 is 11.8 Å². The number of ether oxygens (including phenoxy) is 2. The average molecular weight is 256 g/mol. The fraction of sp³-hybridized carbons (Fsp3) is 0.333. The molecule has 0 unspecified atom stereocenters. The van der Waals surface area contributed by atoms with Crippen molar-refractivity contribution in [3.63, 3.8) is 0 Å². The van der Waals surface area contributed by atoms with E-state index in [-0.39, 0.29) is 28.2 Å². The van der Waals surface area contributed by atoms with Crippen LogP contribution in [0.15, 0.2) is 17.0 Å². The number of methoxy groups -OCH3 is 2. The summed E-state index contributed by atoms with van der Waals surface area (Å²) in [5.41, 5.74) is -4.44. The summed E-state index contributed by atoms with van der Waals surface area (Å²) in [6.07, 6.45) is 0. The third-order valence-electron chi connectivity index (χ3n) is 1.65. The monoisotopic (exact) mass is 256 g/mol. The summed E-state index contributed by atoms with van der Waals surface area (Å²) >= 11 is -0.358. The van der Waals surface area contributed by atoms with E-state index in [9.17, 15) is 17.6 Å². The molecule has 0 saturated heterocycles. The van der Waals surface area contributed by atoms with E-state index in [2.05, 4.69) is 9.47 Å². The molecule has 0 aromatic heterocycles. The number of benzene rings is 1. The fourth-order valence-corrected chi connectivity index (χ4v) is 1.64. The number of rotatable bonds is 3. The molecule has 16 heavy (non-hydrogen) atoms. The van der Waals surface area contributed by atoms with Crippen molar-refractivity contribution in [1.29, 1.82) is 0 Å². The number of hydrogen-bond acceptors (Lipinski definition) is 3. The van der Waals surface area contributed by atoms with Gasteiger partial charge in [0.05, 0.1) is 14.2 Å². The first-order valence-corrected chi connectivity index (χ1v) is 4.86. The molecule has 1 rings (SSSR count). The normalized spacial score (nSPS) is 11.4. The van der Waals surface area contributed by atoms with E-state index in [4.69, 9.17) is 0 Å². The number of alkyl halides is 3. The van der Waals surface area contributed by atoms with Gasteiger partial charge in [-0.1, -0.05) is 0 Å². The highest BCUT2D eigenvalue weighted by atomic mass is 32.2. The summed E-state index contributed by atoms with van der Waals surface area (Å²) < 4.78 is 58.9. The SMILES string of the molecule is COc1cc(SC(F)(F)F)cc(OC)c1F. The van der Waals surface area contributed by atoms with Crippen LogP contribution in [0.5, 0.6) is 11.5 Å². The summed E-state index contributed by atoms with van der Waals surface area (Å²) in [5, 5.41) is 0. The molecule has 7 heteroatoms. The van der Waals surface area contributed by atoms with Crippen molar-refractivity contribution < 1.29 is 27.0 Å². The Bertz CT molecular complexity index is 353. The van der Waals surface area contributed by atoms with Crippen LogP contribution in [0.4, 0.5) is 17.6 Å². The van der Waals surface area contributed by atoms with Crippen LogP contribution in [0.3, 0.4) is 0 Å². The molecular formula is C9H8F4O2S. The average Bonchev–Trinajstić information content (AvgIpc) is 2.18. The van der Waals surface area contributed by atoms with Crippen molar-refractivity contribution in [2.24, 2.45) is 0 Å². The molecule has 0 fully saturated rings. The quantitative estimate of drug-likeness (QED) is 0.609. The summed E-state index contributed by atoms with van der Waals surface area (Å²) in [7, 11) is 2.33. The highest BCUT2D eigenvalue weighted by Gasteiger charge is 2.30. The maximum Gasteiger partial charge on any atom is 0.446 e. The van der Waals surface area contributed by atoms with Gasteiger partial charge in [-0.05, 0) is 23.9 Å². The second-order valence-electron chi connectivity index (χ2n) is 2.69. The summed E-state index contributed by atoms with van der Waals surface area (Å²) in [6.45, 7) is 0. The molecule has 1 aromatic carbocycles. The van der Waals surface area contributed by atoms with Gasteiger partial charge in [-0.15, -0.1) is 0 Å². The molecule has 0 atom stereocenters. The highest BCUT2D eigenvalue weighted by molar-refractivity contribution is 8.00. The molecule has 0 bridgehead atoms. The van der Waals surface area contributed by atoms with Crippen LogP contribution < -0.4 is 9.47 Å². The molecule has 0 aliphatic carbocycles. The molecule has 90 valence electrons. The molecule has 0 heterocycles. The van der Waals surface area contributed by atoms with Gasteiger partial charge in [-0.3, -0.25) is 0 Å². The summed E-state index contributed by atoms with van der Waals surface area (Å²) in [4.78, 5) is -0.192. The summed E-state index contributed by atoms with van der Waals surface area (Å²) in [5.74, 6) is -1.39. The summed E-state index contributed by atoms with van der Waals surface area (Å²) in [6, 6.07) is 1.94. The van der Waals surface area contributed by atoms with Crippen molar-refractivity contribution in [3.05, 3.63) is 17.9 Å². The van der Waals surface area contributed by atoms with Gasteiger partial charge in [0.15, 0.2) is 11.5 Å². The lowest BCUT2D eigenvalue weighted by Gasteiger charge is -2.11. The predicted molar refractivity (Wildman–Crippen MR) is 51.4 cm³/mol. The van der Waals surface area contributed by atoms with E-state index >= 15 is 0 Å². The van der Waals surface area contributed by atoms with Crippen molar-refractivity contribution in [2.75, 3.05) is 14.2 Å². The van der Waals surface area contributed by atoms with E-state index < -0.39 is 11.3 Å². The molecule has 0 saturated carbocycles. The van der Waals surface area contributed by atoms with Crippen LogP contribution in [-0.2, 0) is 0 Å². The van der Waals surface area contributed by atoms with Gasteiger partial charge in [0.2, 0.25) is 5.82 Å². The topological polar surface area (TPSA) is 18.5 Å². The van der Waals surface area contributed by atoms with Crippen molar-refractivity contribution >= 4 is 11.8 Å². The minimum absolute atomic E-state index is 0.192. The standard InChI is InChI=1S/C9H8F4O2S/c1-14-6-3-5(16-9(11,12)13)4-7(15-2)8(6)10/h3-4H,1-2H3. The largest absolute Gasteiger partial charge is 0.493 e. The van der Waals surface area contributed by atoms with Crippen LogP contribution in [0.2, 0.25) is 0 Å². The first kappa shape index (κ1) is 13.0. The van der Waals surface area contributed by atoms with Crippen molar-refractivity contribution in [2.45, 2.75) is 10.4 Å². The second-order valence-corrected chi connectivity index (χ2v) is 3.83. The van der Waals surface area contributed by atoms with Crippen LogP contribution in [0.25, 0.3) is 0 Å². The first-order valence-electron chi connectivity index (χ1n) is 4.04. The van der Waals surface area contributed by atoms with Gasteiger partial charge in [-0.25, -0.2) is 0 Å². The lowest BCUT2D eigenvalue weighted by molar-refractivity contribution is -0.0328. The predicted octanol–water partition coefficient (Wildman–Crippen LogP) is 3.45. The Morgan fingerprint density at radius 1 is 1.06 bits per heavy atom. The highest BCUT2D eigenvalue weighted by Crippen LogP contribution is 2.41. The Balaban J connectivity index is 3.12. The fourth-order valence-electron chi connectivity index (χ4n) is 1.04. The minimum atomic E-state index is -4.44. The third kappa shape index (κ3) is 3.19. The third-order valence-corrected chi connectivity index (χ3v) is 2.36. The molecule has 0 amide bonds. The zero-order valence-corrected chi connectivity index (χ0v) is 9.21. The van der Waals surface area contributed by atoms with Crippen molar-refractivity contribution in [1.82, 2.24) is 0 Å². The Morgan fingerprint density at radius 3 is 1.81 bits per heavy atom. The van der Waals surface area contributed by atoms with Gasteiger partial charge in [0, 0.05) is 4.90 Å². The van der Waals surface area contributed by atoms with Crippen LogP contribution in [0.1, 0.15) is 0 Å². The molecular weight excluding hydrogens is 248 g/mol. The van der Waals surface area contributed by atoms with Gasteiger partial charge in [0.1, 0.15) is 0 Å². The lowest BCUT2D eigenvalue weighted by Crippen LogP contribution is -2.00. The van der Waals surface area contributed by atoms with E-state index in [1.54, 1.807) is 0 Å². The van der Waals surface area contributed by atoms with Gasteiger partial charge >= 0.3 is 5.51 Å². The molecule has 2 nitrogen and oxygen atoms in total. The number of hydrogen-bond donors (Lipinski definition) is 0. The van der Waals surface area contributed by atoms with E-state index in [0.29, 0.717) is 0 Å². The van der Waals surface area contributed by atoms with E-state index in [1.165, 1.54) is 14.2 Å². The molecule has 0 aliphatic rings. The molecule has 1 aromatic rings. The lowest BCUT2D eigenvalue weighted by atomic mass is 10.3. The molecule has 0 N–H and O–H groups in total. The Kier molecular flexibility index (Phi) is 3.90. The number of thioether (sulfide) groups is 1. The maximum absolute atomic E-state index is 13.3. The maximum atomic E-state index is 13.3. The Hall–Kier alpha value is -1.11.